The molecular weight excluding hydrogens is 198 g/mol. The molecule has 0 bridgehead atoms. The van der Waals surface area contributed by atoms with Crippen LogP contribution < -0.4 is 5.32 Å². The summed E-state index contributed by atoms with van der Waals surface area (Å²) in [6.07, 6.45) is 0. The van der Waals surface area contributed by atoms with Crippen LogP contribution in [0.1, 0.15) is 21.5 Å². The van der Waals surface area contributed by atoms with E-state index in [1.54, 1.807) is 0 Å². The summed E-state index contributed by atoms with van der Waals surface area (Å²) in [5.41, 5.74) is 3.54. The van der Waals surface area contributed by atoms with E-state index in [2.05, 4.69) is 5.32 Å². The summed E-state index contributed by atoms with van der Waals surface area (Å²) in [7, 11) is 0. The van der Waals surface area contributed by atoms with Gasteiger partial charge in [0, 0.05) is 23.4 Å². The molecule has 0 atom stereocenters. The zero-order valence-electron chi connectivity index (χ0n) is 8.73. The molecule has 2 aromatic rings. The lowest BCUT2D eigenvalue weighted by atomic mass is 9.99. The molecule has 0 amide bonds. The molecule has 3 rings (SSSR count). The molecule has 0 fully saturated rings. The molecule has 2 heteroatoms. The number of ketones is 1. The van der Waals surface area contributed by atoms with E-state index in [1.807, 2.05) is 48.5 Å². The van der Waals surface area contributed by atoms with Crippen LogP contribution in [0.3, 0.4) is 0 Å². The lowest BCUT2D eigenvalue weighted by Crippen LogP contribution is -2.02. The van der Waals surface area contributed by atoms with Crippen LogP contribution in [0.25, 0.3) is 0 Å². The fourth-order valence-corrected chi connectivity index (χ4v) is 2.07. The molecule has 1 heterocycles. The zero-order valence-corrected chi connectivity index (χ0v) is 8.73. The first-order valence-electron chi connectivity index (χ1n) is 5.32. The van der Waals surface area contributed by atoms with Crippen LogP contribution in [0.4, 0.5) is 5.69 Å². The lowest BCUT2D eigenvalue weighted by molar-refractivity contribution is 0.103. The molecule has 0 radical (unpaired) electrons. The highest BCUT2D eigenvalue weighted by Gasteiger charge is 2.19. The first-order chi connectivity index (χ1) is 7.86. The number of fused-ring (bicyclic) bond motifs is 2. The molecule has 1 N–H and O–H groups in total. The molecular formula is C14H11NO. The monoisotopic (exact) mass is 209 g/mol. The average Bonchev–Trinajstić information content (AvgIpc) is 2.49. The second kappa shape index (κ2) is 3.49. The number of carbonyl (C=O) groups excluding carboxylic acids is 1. The van der Waals surface area contributed by atoms with E-state index in [4.69, 9.17) is 0 Å². The van der Waals surface area contributed by atoms with E-state index >= 15 is 0 Å². The predicted molar refractivity (Wildman–Crippen MR) is 63.6 cm³/mol. The van der Waals surface area contributed by atoms with Crippen molar-refractivity contribution in [2.45, 2.75) is 6.54 Å². The van der Waals surface area contributed by atoms with Gasteiger partial charge in [0.2, 0.25) is 0 Å². The zero-order chi connectivity index (χ0) is 11.0. The van der Waals surface area contributed by atoms with Gasteiger partial charge in [-0.05, 0) is 17.7 Å². The quantitative estimate of drug-likeness (QED) is 0.722. The number of carbonyl (C=O) groups is 1. The van der Waals surface area contributed by atoms with Gasteiger partial charge in [-0.15, -0.1) is 0 Å². The molecule has 0 unspecified atom stereocenters. The maximum Gasteiger partial charge on any atom is 0.195 e. The Kier molecular flexibility index (Phi) is 2.00. The van der Waals surface area contributed by atoms with E-state index in [1.165, 1.54) is 0 Å². The fourth-order valence-electron chi connectivity index (χ4n) is 2.07. The van der Waals surface area contributed by atoms with Gasteiger partial charge in [0.05, 0.1) is 0 Å². The first-order valence-corrected chi connectivity index (χ1v) is 5.32. The Morgan fingerprint density at radius 1 is 0.875 bits per heavy atom. The molecule has 2 nitrogen and oxygen atoms in total. The van der Waals surface area contributed by atoms with Crippen LogP contribution in [0.5, 0.6) is 0 Å². The molecule has 0 aromatic heterocycles. The van der Waals surface area contributed by atoms with Crippen molar-refractivity contribution in [3.8, 4) is 0 Å². The Balaban J connectivity index is 2.22. The van der Waals surface area contributed by atoms with Crippen molar-refractivity contribution >= 4 is 11.5 Å². The van der Waals surface area contributed by atoms with Gasteiger partial charge in [0.25, 0.3) is 0 Å². The summed E-state index contributed by atoms with van der Waals surface area (Å²) < 4.78 is 0. The number of rotatable bonds is 0. The second-order valence-corrected chi connectivity index (χ2v) is 3.89. The summed E-state index contributed by atoms with van der Waals surface area (Å²) >= 11 is 0. The summed E-state index contributed by atoms with van der Waals surface area (Å²) in [5, 5.41) is 3.29. The SMILES string of the molecule is O=C1c2ccccc2CNc2ccccc21. The minimum absolute atomic E-state index is 0.108. The highest BCUT2D eigenvalue weighted by atomic mass is 16.1. The van der Waals surface area contributed by atoms with Crippen LogP contribution in [-0.4, -0.2) is 5.78 Å². The Morgan fingerprint density at radius 2 is 1.56 bits per heavy atom. The topological polar surface area (TPSA) is 29.1 Å². The van der Waals surface area contributed by atoms with Crippen LogP contribution in [0.15, 0.2) is 48.5 Å². The van der Waals surface area contributed by atoms with Crippen molar-refractivity contribution in [1.82, 2.24) is 0 Å². The fraction of sp³-hybridized carbons (Fsp3) is 0.0714. The van der Waals surface area contributed by atoms with Gasteiger partial charge in [-0.3, -0.25) is 4.79 Å². The first kappa shape index (κ1) is 9.16. The number of nitrogens with one attached hydrogen (secondary N) is 1. The third-order valence-corrected chi connectivity index (χ3v) is 2.90. The second-order valence-electron chi connectivity index (χ2n) is 3.89. The standard InChI is InChI=1S/C14H11NO/c16-14-11-6-2-1-5-10(11)9-15-13-8-4-3-7-12(13)14/h1-8,15H,9H2. The third-order valence-electron chi connectivity index (χ3n) is 2.90. The number of hydrogen-bond acceptors (Lipinski definition) is 2. The molecule has 78 valence electrons. The van der Waals surface area contributed by atoms with Gasteiger partial charge in [-0.2, -0.15) is 0 Å². The minimum atomic E-state index is 0.108. The Labute approximate surface area is 93.9 Å². The van der Waals surface area contributed by atoms with Gasteiger partial charge < -0.3 is 5.32 Å². The average molecular weight is 209 g/mol. The summed E-state index contributed by atoms with van der Waals surface area (Å²) in [6.45, 7) is 0.707. The van der Waals surface area contributed by atoms with Crippen molar-refractivity contribution in [2.24, 2.45) is 0 Å². The Morgan fingerprint density at radius 3 is 2.44 bits per heavy atom. The van der Waals surface area contributed by atoms with Crippen molar-refractivity contribution in [3.63, 3.8) is 0 Å². The van der Waals surface area contributed by atoms with Crippen LogP contribution in [0, 0.1) is 0 Å². The van der Waals surface area contributed by atoms with Crippen molar-refractivity contribution in [3.05, 3.63) is 65.2 Å². The van der Waals surface area contributed by atoms with Crippen molar-refractivity contribution in [1.29, 1.82) is 0 Å². The molecule has 2 aromatic carbocycles. The maximum atomic E-state index is 12.3. The molecule has 1 aliphatic heterocycles. The van der Waals surface area contributed by atoms with E-state index in [0.29, 0.717) is 6.54 Å². The van der Waals surface area contributed by atoms with Crippen LogP contribution in [-0.2, 0) is 6.54 Å². The Hall–Kier alpha value is -2.09. The number of para-hydroxylation sites is 1. The lowest BCUT2D eigenvalue weighted by Gasteiger charge is -2.04. The smallest absolute Gasteiger partial charge is 0.195 e. The highest BCUT2D eigenvalue weighted by Crippen LogP contribution is 2.25. The molecule has 0 aliphatic carbocycles. The van der Waals surface area contributed by atoms with Gasteiger partial charge in [0.1, 0.15) is 0 Å². The van der Waals surface area contributed by atoms with E-state index < -0.39 is 0 Å². The van der Waals surface area contributed by atoms with Crippen LogP contribution in [0.2, 0.25) is 0 Å². The Bertz CT molecular complexity index is 511. The molecule has 0 saturated carbocycles. The van der Waals surface area contributed by atoms with E-state index in [-0.39, 0.29) is 5.78 Å². The number of anilines is 1. The van der Waals surface area contributed by atoms with Gasteiger partial charge >= 0.3 is 0 Å². The third kappa shape index (κ3) is 1.31. The predicted octanol–water partition coefficient (Wildman–Crippen LogP) is 2.84. The number of hydrogen-bond donors (Lipinski definition) is 1. The van der Waals surface area contributed by atoms with Crippen molar-refractivity contribution < 1.29 is 4.79 Å². The van der Waals surface area contributed by atoms with Crippen molar-refractivity contribution in [2.75, 3.05) is 5.32 Å². The van der Waals surface area contributed by atoms with E-state index in [0.717, 1.165) is 22.4 Å². The van der Waals surface area contributed by atoms with Gasteiger partial charge in [-0.1, -0.05) is 36.4 Å². The summed E-state index contributed by atoms with van der Waals surface area (Å²) in [6, 6.07) is 15.4. The van der Waals surface area contributed by atoms with E-state index in [9.17, 15) is 4.79 Å². The normalized spacial score (nSPS) is 13.4. The maximum absolute atomic E-state index is 12.3. The molecule has 0 saturated heterocycles. The van der Waals surface area contributed by atoms with Gasteiger partial charge in [-0.25, -0.2) is 0 Å². The molecule has 1 aliphatic rings. The molecule has 16 heavy (non-hydrogen) atoms. The largest absolute Gasteiger partial charge is 0.380 e. The number of benzene rings is 2. The van der Waals surface area contributed by atoms with Gasteiger partial charge in [0.15, 0.2) is 5.78 Å². The highest BCUT2D eigenvalue weighted by molar-refractivity contribution is 6.13. The summed E-state index contributed by atoms with van der Waals surface area (Å²) in [4.78, 5) is 12.3. The van der Waals surface area contributed by atoms with Crippen LogP contribution >= 0.6 is 0 Å². The molecule has 0 spiro atoms. The summed E-state index contributed by atoms with van der Waals surface area (Å²) in [5.74, 6) is 0.108. The minimum Gasteiger partial charge on any atom is -0.380 e.